The van der Waals surface area contributed by atoms with Crippen LogP contribution in [0, 0.1) is 0 Å². The molecule has 0 spiro atoms. The Kier molecular flexibility index (Phi) is 3.94. The minimum Gasteiger partial charge on any atom is -0.412 e. The molecule has 0 saturated carbocycles. The summed E-state index contributed by atoms with van der Waals surface area (Å²) in [4.78, 5) is 0. The van der Waals surface area contributed by atoms with Crippen LogP contribution in [-0.2, 0) is 4.43 Å². The third kappa shape index (κ3) is 3.25. The Morgan fingerprint density at radius 1 is 1.33 bits per heavy atom. The molecule has 74 valence electrons. The van der Waals surface area contributed by atoms with E-state index in [1.54, 1.807) is 0 Å². The van der Waals surface area contributed by atoms with Gasteiger partial charge in [0.05, 0.1) is 12.7 Å². The first-order valence-electron chi connectivity index (χ1n) is 4.49. The molecule has 0 unspecified atom stereocenters. The van der Waals surface area contributed by atoms with Gasteiger partial charge in [-0.05, 0) is 25.1 Å². The summed E-state index contributed by atoms with van der Waals surface area (Å²) in [6.45, 7) is 13.0. The molecule has 0 rings (SSSR count). The summed E-state index contributed by atoms with van der Waals surface area (Å²) in [6.07, 6.45) is -0.0223. The van der Waals surface area contributed by atoms with E-state index in [9.17, 15) is 0 Å². The van der Waals surface area contributed by atoms with E-state index in [-0.39, 0.29) is 17.7 Å². The minimum atomic E-state index is -1.65. The van der Waals surface area contributed by atoms with Crippen LogP contribution < -0.4 is 0 Å². The molecule has 2 nitrogen and oxygen atoms in total. The quantitative estimate of drug-likeness (QED) is 0.692. The molecule has 0 aromatic rings. The first kappa shape index (κ1) is 12.1. The van der Waals surface area contributed by atoms with E-state index in [2.05, 4.69) is 33.9 Å². The second kappa shape index (κ2) is 3.90. The molecule has 0 aliphatic carbocycles. The van der Waals surface area contributed by atoms with Crippen LogP contribution in [0.4, 0.5) is 0 Å². The highest BCUT2D eigenvalue weighted by molar-refractivity contribution is 6.74. The van der Waals surface area contributed by atoms with Gasteiger partial charge in [0, 0.05) is 0 Å². The Balaban J connectivity index is 4.22. The summed E-state index contributed by atoms with van der Waals surface area (Å²) in [7, 11) is -1.65. The summed E-state index contributed by atoms with van der Waals surface area (Å²) in [5, 5.41) is 9.09. The van der Waals surface area contributed by atoms with E-state index >= 15 is 0 Å². The van der Waals surface area contributed by atoms with Gasteiger partial charge in [0.1, 0.15) is 0 Å². The van der Waals surface area contributed by atoms with Crippen LogP contribution in [0.1, 0.15) is 27.7 Å². The Bertz CT molecular complexity index is 138. The van der Waals surface area contributed by atoms with Gasteiger partial charge < -0.3 is 9.53 Å². The van der Waals surface area contributed by atoms with Crippen molar-refractivity contribution in [2.45, 2.75) is 51.9 Å². The van der Waals surface area contributed by atoms with E-state index in [0.29, 0.717) is 0 Å². The lowest BCUT2D eigenvalue weighted by Crippen LogP contribution is -2.44. The molecule has 0 radical (unpaired) electrons. The van der Waals surface area contributed by atoms with Crippen LogP contribution in [0.5, 0.6) is 0 Å². The van der Waals surface area contributed by atoms with Crippen molar-refractivity contribution < 1.29 is 9.53 Å². The van der Waals surface area contributed by atoms with Gasteiger partial charge in [-0.1, -0.05) is 20.8 Å². The van der Waals surface area contributed by atoms with Gasteiger partial charge in [-0.15, -0.1) is 0 Å². The zero-order chi connectivity index (χ0) is 9.99. The zero-order valence-corrected chi connectivity index (χ0v) is 10.1. The van der Waals surface area contributed by atoms with Crippen LogP contribution in [0.3, 0.4) is 0 Å². The Hall–Kier alpha value is 0.137. The first-order chi connectivity index (χ1) is 5.20. The average molecular weight is 190 g/mol. The molecule has 0 aliphatic heterocycles. The lowest BCUT2D eigenvalue weighted by Gasteiger charge is -2.38. The molecule has 0 aromatic heterocycles. The van der Waals surface area contributed by atoms with Crippen LogP contribution in [-0.4, -0.2) is 26.1 Å². The molecule has 12 heavy (non-hydrogen) atoms. The fraction of sp³-hybridized carbons (Fsp3) is 1.00. The molecule has 0 bridgehead atoms. The Morgan fingerprint density at radius 2 is 1.75 bits per heavy atom. The monoisotopic (exact) mass is 190 g/mol. The highest BCUT2D eigenvalue weighted by Crippen LogP contribution is 2.37. The summed E-state index contributed by atoms with van der Waals surface area (Å²) in [6, 6.07) is 0. The van der Waals surface area contributed by atoms with Crippen molar-refractivity contribution in [1.82, 2.24) is 0 Å². The maximum atomic E-state index is 8.86. The van der Waals surface area contributed by atoms with Crippen LogP contribution in [0.15, 0.2) is 0 Å². The maximum absolute atomic E-state index is 8.86. The molecular weight excluding hydrogens is 168 g/mol. The van der Waals surface area contributed by atoms with Crippen molar-refractivity contribution in [1.29, 1.82) is 0 Å². The molecule has 0 saturated heterocycles. The van der Waals surface area contributed by atoms with Crippen molar-refractivity contribution in [3.05, 3.63) is 0 Å². The molecule has 1 N–H and O–H groups in total. The molecule has 0 fully saturated rings. The van der Waals surface area contributed by atoms with E-state index in [1.165, 1.54) is 0 Å². The topological polar surface area (TPSA) is 29.5 Å². The molecule has 0 aliphatic rings. The van der Waals surface area contributed by atoms with Crippen LogP contribution in [0.2, 0.25) is 18.1 Å². The second-order valence-corrected chi connectivity index (χ2v) is 9.63. The normalized spacial score (nSPS) is 16.2. The molecule has 3 heteroatoms. The predicted octanol–water partition coefficient (Wildman–Crippen LogP) is 2.39. The van der Waals surface area contributed by atoms with Crippen molar-refractivity contribution in [3.63, 3.8) is 0 Å². The van der Waals surface area contributed by atoms with Crippen LogP contribution >= 0.6 is 0 Å². The van der Waals surface area contributed by atoms with Crippen molar-refractivity contribution >= 4 is 8.32 Å². The SMILES string of the molecule is C[C@H](CO)O[Si](C)(C)C(C)(C)C. The predicted molar refractivity (Wildman–Crippen MR) is 54.8 cm³/mol. The van der Waals surface area contributed by atoms with E-state index in [0.717, 1.165) is 0 Å². The van der Waals surface area contributed by atoms with Gasteiger partial charge in [0.15, 0.2) is 8.32 Å². The third-order valence-corrected chi connectivity index (χ3v) is 7.16. The number of hydrogen-bond donors (Lipinski definition) is 1. The summed E-state index contributed by atoms with van der Waals surface area (Å²) in [5.74, 6) is 0. The van der Waals surface area contributed by atoms with Crippen LogP contribution in [0.25, 0.3) is 0 Å². The van der Waals surface area contributed by atoms with Crippen molar-refractivity contribution in [2.75, 3.05) is 6.61 Å². The smallest absolute Gasteiger partial charge is 0.192 e. The number of rotatable bonds is 3. The van der Waals surface area contributed by atoms with Crippen molar-refractivity contribution in [2.24, 2.45) is 0 Å². The standard InChI is InChI=1S/C9H22O2Si/c1-8(7-10)11-12(5,6)9(2,3)4/h8,10H,7H2,1-6H3/t8-/m1/s1. The summed E-state index contributed by atoms with van der Waals surface area (Å²) >= 11 is 0. The number of hydrogen-bond acceptors (Lipinski definition) is 2. The fourth-order valence-corrected chi connectivity index (χ4v) is 2.15. The highest BCUT2D eigenvalue weighted by atomic mass is 28.4. The lowest BCUT2D eigenvalue weighted by molar-refractivity contribution is 0.117. The zero-order valence-electron chi connectivity index (χ0n) is 9.14. The fourth-order valence-electron chi connectivity index (χ4n) is 0.717. The molecule has 0 amide bonds. The lowest BCUT2D eigenvalue weighted by atomic mass is 10.2. The average Bonchev–Trinajstić information content (AvgIpc) is 1.84. The van der Waals surface area contributed by atoms with E-state index < -0.39 is 8.32 Å². The Labute approximate surface area is 77.1 Å². The maximum Gasteiger partial charge on any atom is 0.192 e. The van der Waals surface area contributed by atoms with Gasteiger partial charge in [-0.2, -0.15) is 0 Å². The van der Waals surface area contributed by atoms with Gasteiger partial charge in [0.2, 0.25) is 0 Å². The molecule has 0 aromatic carbocycles. The number of aliphatic hydroxyl groups is 1. The van der Waals surface area contributed by atoms with Gasteiger partial charge >= 0.3 is 0 Å². The molecular formula is C9H22O2Si. The van der Waals surface area contributed by atoms with E-state index in [4.69, 9.17) is 9.53 Å². The third-order valence-electron chi connectivity index (χ3n) is 2.56. The van der Waals surface area contributed by atoms with E-state index in [1.807, 2.05) is 6.92 Å². The van der Waals surface area contributed by atoms with Gasteiger partial charge in [-0.3, -0.25) is 0 Å². The largest absolute Gasteiger partial charge is 0.412 e. The molecule has 0 heterocycles. The molecule has 1 atom stereocenters. The van der Waals surface area contributed by atoms with Gasteiger partial charge in [0.25, 0.3) is 0 Å². The number of aliphatic hydroxyl groups excluding tert-OH is 1. The summed E-state index contributed by atoms with van der Waals surface area (Å²) < 4.78 is 5.84. The second-order valence-electron chi connectivity index (χ2n) is 4.87. The van der Waals surface area contributed by atoms with Gasteiger partial charge in [-0.25, -0.2) is 0 Å². The van der Waals surface area contributed by atoms with Crippen molar-refractivity contribution in [3.8, 4) is 0 Å². The first-order valence-corrected chi connectivity index (χ1v) is 7.40. The summed E-state index contributed by atoms with van der Waals surface area (Å²) in [5.41, 5.74) is 0. The minimum absolute atomic E-state index is 0.0223. The Morgan fingerprint density at radius 3 is 2.00 bits per heavy atom. The highest BCUT2D eigenvalue weighted by Gasteiger charge is 2.38.